The Bertz CT molecular complexity index is 150. The summed E-state index contributed by atoms with van der Waals surface area (Å²) in [6.07, 6.45) is 6.91. The summed E-state index contributed by atoms with van der Waals surface area (Å²) in [6, 6.07) is 0. The van der Waals surface area contributed by atoms with E-state index in [1.54, 1.807) is 23.3 Å². The van der Waals surface area contributed by atoms with Crippen LogP contribution in [-0.4, -0.2) is 9.55 Å². The van der Waals surface area contributed by atoms with Gasteiger partial charge in [-0.3, -0.25) is 0 Å². The van der Waals surface area contributed by atoms with Crippen molar-refractivity contribution < 1.29 is 19.5 Å². The number of imidazole rings is 1. The molecule has 0 bridgehead atoms. The maximum absolute atomic E-state index is 3.78. The standard InChI is InChI=1S/C5H6N2.ClH.Rh/c1-2-7-4-3-6-5-7;;/h2-5H,1H2;1H;. The fourth-order valence-electron chi connectivity index (χ4n) is 0.377. The van der Waals surface area contributed by atoms with Crippen molar-refractivity contribution in [3.05, 3.63) is 25.3 Å². The van der Waals surface area contributed by atoms with E-state index in [-0.39, 0.29) is 31.9 Å². The Hall–Kier alpha value is -0.137. The molecule has 0 aliphatic heterocycles. The summed E-state index contributed by atoms with van der Waals surface area (Å²) in [5.41, 5.74) is 0. The van der Waals surface area contributed by atoms with Gasteiger partial charge in [-0.25, -0.2) is 4.98 Å². The quantitative estimate of drug-likeness (QED) is 0.671. The van der Waals surface area contributed by atoms with Gasteiger partial charge < -0.3 is 4.57 Å². The Morgan fingerprint density at radius 3 is 2.44 bits per heavy atom. The molecule has 0 aliphatic rings. The Kier molecular flexibility index (Phi) is 7.74. The molecule has 0 saturated carbocycles. The first-order valence-corrected chi connectivity index (χ1v) is 2.03. The summed E-state index contributed by atoms with van der Waals surface area (Å²) in [6.45, 7) is 3.53. The van der Waals surface area contributed by atoms with Crippen LogP contribution < -0.4 is 0 Å². The number of nitrogens with zero attached hydrogens (tertiary/aromatic N) is 2. The number of hydrogen-bond donors (Lipinski definition) is 0. The largest absolute Gasteiger partial charge is 0.314 e. The van der Waals surface area contributed by atoms with Crippen LogP contribution in [0.3, 0.4) is 0 Å². The topological polar surface area (TPSA) is 17.8 Å². The molecular formula is C5H7ClN2Rh. The molecule has 0 fully saturated rings. The summed E-state index contributed by atoms with van der Waals surface area (Å²) < 4.78 is 1.78. The number of hydrogen-bond acceptors (Lipinski definition) is 1. The number of rotatable bonds is 1. The van der Waals surface area contributed by atoms with Crippen LogP contribution in [0, 0.1) is 0 Å². The summed E-state index contributed by atoms with van der Waals surface area (Å²) in [5.74, 6) is 0. The molecule has 2 nitrogen and oxygen atoms in total. The second-order valence-electron chi connectivity index (χ2n) is 1.19. The predicted molar refractivity (Wildman–Crippen MR) is 35.9 cm³/mol. The molecule has 4 heteroatoms. The Morgan fingerprint density at radius 1 is 1.56 bits per heavy atom. The Balaban J connectivity index is 0. The van der Waals surface area contributed by atoms with Crippen LogP contribution in [0.4, 0.5) is 0 Å². The van der Waals surface area contributed by atoms with E-state index in [0.29, 0.717) is 0 Å². The first-order valence-electron chi connectivity index (χ1n) is 2.03. The van der Waals surface area contributed by atoms with Gasteiger partial charge in [0.25, 0.3) is 0 Å². The molecule has 1 rings (SSSR count). The molecule has 0 saturated heterocycles. The number of aromatic nitrogens is 2. The van der Waals surface area contributed by atoms with Gasteiger partial charge in [-0.05, 0) is 0 Å². The van der Waals surface area contributed by atoms with E-state index in [1.165, 1.54) is 0 Å². The first-order chi connectivity index (χ1) is 3.43. The molecule has 53 valence electrons. The zero-order valence-electron chi connectivity index (χ0n) is 4.65. The predicted octanol–water partition coefficient (Wildman–Crippen LogP) is 1.40. The van der Waals surface area contributed by atoms with Crippen LogP contribution in [-0.2, 0) is 19.5 Å². The first kappa shape index (κ1) is 11.6. The van der Waals surface area contributed by atoms with E-state index in [1.807, 2.05) is 6.20 Å². The second-order valence-corrected chi connectivity index (χ2v) is 1.19. The van der Waals surface area contributed by atoms with Crippen LogP contribution in [0.2, 0.25) is 0 Å². The third-order valence-electron chi connectivity index (χ3n) is 0.736. The molecule has 0 spiro atoms. The zero-order chi connectivity index (χ0) is 5.11. The van der Waals surface area contributed by atoms with Crippen molar-refractivity contribution in [1.82, 2.24) is 9.55 Å². The van der Waals surface area contributed by atoms with Gasteiger partial charge in [0, 0.05) is 38.1 Å². The molecule has 1 heterocycles. The fourth-order valence-corrected chi connectivity index (χ4v) is 0.377. The number of halogens is 1. The third-order valence-corrected chi connectivity index (χ3v) is 0.736. The molecule has 0 atom stereocenters. The smallest absolute Gasteiger partial charge is 0.0986 e. The van der Waals surface area contributed by atoms with E-state index in [0.717, 1.165) is 0 Å². The van der Waals surface area contributed by atoms with E-state index >= 15 is 0 Å². The summed E-state index contributed by atoms with van der Waals surface area (Å²) in [5, 5.41) is 0. The molecule has 1 aromatic rings. The van der Waals surface area contributed by atoms with Gasteiger partial charge in [-0.1, -0.05) is 6.58 Å². The van der Waals surface area contributed by atoms with E-state index < -0.39 is 0 Å². The van der Waals surface area contributed by atoms with Crippen molar-refractivity contribution in [1.29, 1.82) is 0 Å². The molecule has 0 unspecified atom stereocenters. The van der Waals surface area contributed by atoms with Crippen LogP contribution in [0.25, 0.3) is 6.20 Å². The van der Waals surface area contributed by atoms with Gasteiger partial charge >= 0.3 is 0 Å². The minimum Gasteiger partial charge on any atom is -0.314 e. The van der Waals surface area contributed by atoms with Crippen molar-refractivity contribution in [2.75, 3.05) is 0 Å². The fraction of sp³-hybridized carbons (Fsp3) is 0. The van der Waals surface area contributed by atoms with Crippen LogP contribution in [0.5, 0.6) is 0 Å². The third kappa shape index (κ3) is 3.44. The van der Waals surface area contributed by atoms with Crippen molar-refractivity contribution in [3.8, 4) is 0 Å². The van der Waals surface area contributed by atoms with Crippen molar-refractivity contribution >= 4 is 18.6 Å². The van der Waals surface area contributed by atoms with E-state index in [4.69, 9.17) is 0 Å². The summed E-state index contributed by atoms with van der Waals surface area (Å²) in [7, 11) is 0. The molecule has 1 radical (unpaired) electrons. The van der Waals surface area contributed by atoms with Crippen LogP contribution >= 0.6 is 12.4 Å². The maximum atomic E-state index is 3.78. The monoisotopic (exact) mass is 233 g/mol. The molecule has 1 aromatic heterocycles. The molecule has 0 amide bonds. The molecule has 0 N–H and O–H groups in total. The van der Waals surface area contributed by atoms with Crippen molar-refractivity contribution in [3.63, 3.8) is 0 Å². The van der Waals surface area contributed by atoms with Gasteiger partial charge in [0.05, 0.1) is 6.33 Å². The Labute approximate surface area is 73.1 Å². The van der Waals surface area contributed by atoms with Gasteiger partial charge in [-0.15, -0.1) is 12.4 Å². The van der Waals surface area contributed by atoms with Crippen molar-refractivity contribution in [2.45, 2.75) is 0 Å². The van der Waals surface area contributed by atoms with Gasteiger partial charge in [0.2, 0.25) is 0 Å². The molecular weight excluding hydrogens is 226 g/mol. The minimum absolute atomic E-state index is 0. The average Bonchev–Trinajstić information content (AvgIpc) is 2.14. The van der Waals surface area contributed by atoms with Crippen LogP contribution in [0.15, 0.2) is 25.3 Å². The second kappa shape index (κ2) is 5.99. The molecule has 9 heavy (non-hydrogen) atoms. The Morgan fingerprint density at radius 2 is 2.22 bits per heavy atom. The van der Waals surface area contributed by atoms with E-state index in [2.05, 4.69) is 11.6 Å². The zero-order valence-corrected chi connectivity index (χ0v) is 7.11. The molecule has 0 aliphatic carbocycles. The van der Waals surface area contributed by atoms with Gasteiger partial charge in [0.15, 0.2) is 0 Å². The molecule has 0 aromatic carbocycles. The minimum atomic E-state index is 0. The maximum Gasteiger partial charge on any atom is 0.0986 e. The SMILES string of the molecule is C=Cn1ccnc1.Cl.[Rh]. The average molecular weight is 233 g/mol. The normalized spacial score (nSPS) is 6.67. The summed E-state index contributed by atoms with van der Waals surface area (Å²) >= 11 is 0. The van der Waals surface area contributed by atoms with Gasteiger partial charge in [-0.2, -0.15) is 0 Å². The van der Waals surface area contributed by atoms with Crippen molar-refractivity contribution in [2.24, 2.45) is 0 Å². The van der Waals surface area contributed by atoms with Crippen LogP contribution in [0.1, 0.15) is 0 Å². The summed E-state index contributed by atoms with van der Waals surface area (Å²) in [4.78, 5) is 3.78. The van der Waals surface area contributed by atoms with E-state index in [9.17, 15) is 0 Å². The van der Waals surface area contributed by atoms with Gasteiger partial charge in [0.1, 0.15) is 0 Å².